The van der Waals surface area contributed by atoms with Crippen molar-refractivity contribution in [2.24, 2.45) is 5.73 Å². The van der Waals surface area contributed by atoms with E-state index in [0.717, 1.165) is 10.0 Å². The average molecular weight is 329 g/mol. The van der Waals surface area contributed by atoms with Gasteiger partial charge in [0, 0.05) is 15.5 Å². The van der Waals surface area contributed by atoms with Gasteiger partial charge in [-0.1, -0.05) is 45.7 Å². The topological polar surface area (TPSA) is 26.0 Å². The van der Waals surface area contributed by atoms with Crippen LogP contribution in [0.25, 0.3) is 0 Å². The van der Waals surface area contributed by atoms with Crippen LogP contribution in [0.3, 0.4) is 0 Å². The highest BCUT2D eigenvalue weighted by Crippen LogP contribution is 2.22. The molecular formula is C14H12BrClFN. The summed E-state index contributed by atoms with van der Waals surface area (Å²) in [6, 6.07) is 12.1. The Morgan fingerprint density at radius 1 is 1.17 bits per heavy atom. The van der Waals surface area contributed by atoms with Gasteiger partial charge in [-0.15, -0.1) is 0 Å². The molecule has 1 unspecified atom stereocenters. The van der Waals surface area contributed by atoms with Crippen molar-refractivity contribution >= 4 is 27.5 Å². The van der Waals surface area contributed by atoms with Gasteiger partial charge in [-0.2, -0.15) is 0 Å². The van der Waals surface area contributed by atoms with Crippen LogP contribution in [0.4, 0.5) is 4.39 Å². The molecule has 4 heteroatoms. The quantitative estimate of drug-likeness (QED) is 0.883. The summed E-state index contributed by atoms with van der Waals surface area (Å²) >= 11 is 9.08. The van der Waals surface area contributed by atoms with E-state index < -0.39 is 0 Å². The molecule has 0 fully saturated rings. The minimum atomic E-state index is -0.310. The molecule has 0 aliphatic rings. The van der Waals surface area contributed by atoms with E-state index in [2.05, 4.69) is 15.9 Å². The van der Waals surface area contributed by atoms with Gasteiger partial charge >= 0.3 is 0 Å². The fraction of sp³-hybridized carbons (Fsp3) is 0.143. The lowest BCUT2D eigenvalue weighted by Gasteiger charge is -2.13. The van der Waals surface area contributed by atoms with Crippen molar-refractivity contribution in [2.45, 2.75) is 12.5 Å². The van der Waals surface area contributed by atoms with Gasteiger partial charge in [0.15, 0.2) is 0 Å². The second kappa shape index (κ2) is 5.83. The lowest BCUT2D eigenvalue weighted by Crippen LogP contribution is -2.14. The van der Waals surface area contributed by atoms with Crippen LogP contribution in [-0.4, -0.2) is 0 Å². The average Bonchev–Trinajstić information content (AvgIpc) is 2.33. The van der Waals surface area contributed by atoms with Crippen molar-refractivity contribution in [2.75, 3.05) is 0 Å². The molecule has 2 N–H and O–H groups in total. The third-order valence-electron chi connectivity index (χ3n) is 2.75. The molecule has 0 heterocycles. The maximum absolute atomic E-state index is 13.6. The summed E-state index contributed by atoms with van der Waals surface area (Å²) in [5.41, 5.74) is 7.63. The first-order chi connectivity index (χ1) is 8.56. The molecule has 0 amide bonds. The smallest absolute Gasteiger partial charge is 0.127 e. The molecule has 0 radical (unpaired) electrons. The van der Waals surface area contributed by atoms with Crippen LogP contribution in [0.15, 0.2) is 46.9 Å². The van der Waals surface area contributed by atoms with Gasteiger partial charge in [0.2, 0.25) is 0 Å². The van der Waals surface area contributed by atoms with Gasteiger partial charge in [0.1, 0.15) is 5.82 Å². The van der Waals surface area contributed by atoms with E-state index in [1.54, 1.807) is 12.1 Å². The molecule has 0 bridgehead atoms. The minimum Gasteiger partial charge on any atom is -0.324 e. The van der Waals surface area contributed by atoms with Crippen molar-refractivity contribution in [3.63, 3.8) is 0 Å². The monoisotopic (exact) mass is 327 g/mol. The lowest BCUT2D eigenvalue weighted by atomic mass is 9.99. The Morgan fingerprint density at radius 3 is 2.44 bits per heavy atom. The summed E-state index contributed by atoms with van der Waals surface area (Å²) in [4.78, 5) is 0. The number of halogens is 3. The Kier molecular flexibility index (Phi) is 4.38. The van der Waals surface area contributed by atoms with Gasteiger partial charge in [-0.25, -0.2) is 4.39 Å². The fourth-order valence-corrected chi connectivity index (χ4v) is 2.18. The van der Waals surface area contributed by atoms with Crippen molar-refractivity contribution in [1.29, 1.82) is 0 Å². The zero-order valence-electron chi connectivity index (χ0n) is 9.54. The van der Waals surface area contributed by atoms with E-state index in [-0.39, 0.29) is 11.9 Å². The number of hydrogen-bond acceptors (Lipinski definition) is 1. The zero-order chi connectivity index (χ0) is 13.1. The van der Waals surface area contributed by atoms with Gasteiger partial charge in [0.05, 0.1) is 0 Å². The van der Waals surface area contributed by atoms with Crippen molar-refractivity contribution < 1.29 is 4.39 Å². The largest absolute Gasteiger partial charge is 0.324 e. The third-order valence-corrected chi connectivity index (χ3v) is 3.52. The first-order valence-electron chi connectivity index (χ1n) is 5.51. The molecule has 0 aliphatic heterocycles. The molecule has 0 saturated heterocycles. The number of hydrogen-bond donors (Lipinski definition) is 1. The number of benzene rings is 2. The Morgan fingerprint density at radius 2 is 1.83 bits per heavy atom. The minimum absolute atomic E-state index is 0.228. The van der Waals surface area contributed by atoms with Crippen LogP contribution in [0.2, 0.25) is 5.02 Å². The Bertz CT molecular complexity index is 542. The second-order valence-corrected chi connectivity index (χ2v) is 5.45. The predicted octanol–water partition coefficient (Wildman–Crippen LogP) is 4.48. The molecule has 2 rings (SSSR count). The maximum atomic E-state index is 13.6. The molecule has 1 atom stereocenters. The van der Waals surface area contributed by atoms with E-state index in [9.17, 15) is 4.39 Å². The highest BCUT2D eigenvalue weighted by molar-refractivity contribution is 9.10. The maximum Gasteiger partial charge on any atom is 0.127 e. The zero-order valence-corrected chi connectivity index (χ0v) is 11.9. The predicted molar refractivity (Wildman–Crippen MR) is 76.2 cm³/mol. The summed E-state index contributed by atoms with van der Waals surface area (Å²) in [5.74, 6) is -0.310. The molecule has 0 saturated carbocycles. The molecule has 1 nitrogen and oxygen atoms in total. The Labute approximate surface area is 119 Å². The summed E-state index contributed by atoms with van der Waals surface area (Å²) in [6.07, 6.45) is 0.449. The van der Waals surface area contributed by atoms with Gasteiger partial charge in [0.25, 0.3) is 0 Å². The molecule has 0 spiro atoms. The molecule has 2 aromatic rings. The molecular weight excluding hydrogens is 317 g/mol. The third kappa shape index (κ3) is 3.31. The van der Waals surface area contributed by atoms with Crippen LogP contribution in [-0.2, 0) is 6.42 Å². The summed E-state index contributed by atoms with van der Waals surface area (Å²) in [7, 11) is 0. The van der Waals surface area contributed by atoms with Crippen LogP contribution in [0.1, 0.15) is 17.2 Å². The Balaban J connectivity index is 2.15. The van der Waals surface area contributed by atoms with Gasteiger partial charge in [-0.05, 0) is 41.8 Å². The van der Waals surface area contributed by atoms with Crippen LogP contribution >= 0.6 is 27.5 Å². The second-order valence-electron chi connectivity index (χ2n) is 4.10. The highest BCUT2D eigenvalue weighted by atomic mass is 79.9. The molecule has 2 aromatic carbocycles. The molecule has 94 valence electrons. The van der Waals surface area contributed by atoms with E-state index >= 15 is 0 Å². The molecule has 0 aromatic heterocycles. The Hall–Kier alpha value is -0.900. The van der Waals surface area contributed by atoms with Crippen LogP contribution < -0.4 is 5.73 Å². The molecule has 18 heavy (non-hydrogen) atoms. The summed E-state index contributed by atoms with van der Waals surface area (Å²) in [5, 5.41) is 0.397. The fourth-order valence-electron chi connectivity index (χ4n) is 1.75. The van der Waals surface area contributed by atoms with E-state index in [4.69, 9.17) is 17.3 Å². The first-order valence-corrected chi connectivity index (χ1v) is 6.68. The van der Waals surface area contributed by atoms with Crippen molar-refractivity contribution in [3.8, 4) is 0 Å². The van der Waals surface area contributed by atoms with Crippen LogP contribution in [0, 0.1) is 5.82 Å². The van der Waals surface area contributed by atoms with Crippen molar-refractivity contribution in [3.05, 3.63) is 68.9 Å². The van der Waals surface area contributed by atoms with E-state index in [1.165, 1.54) is 6.07 Å². The number of rotatable bonds is 3. The number of nitrogens with two attached hydrogens (primary N) is 1. The standard InChI is InChI=1S/C14H12BrClFN/c15-11-4-1-9(2-5-11)14(18)7-10-3-6-12(16)8-13(10)17/h1-6,8,14H,7,18H2. The normalized spacial score (nSPS) is 12.4. The van der Waals surface area contributed by atoms with Gasteiger partial charge in [-0.3, -0.25) is 0 Å². The lowest BCUT2D eigenvalue weighted by molar-refractivity contribution is 0.593. The highest BCUT2D eigenvalue weighted by Gasteiger charge is 2.10. The first kappa shape index (κ1) is 13.5. The molecule has 0 aliphatic carbocycles. The van der Waals surface area contributed by atoms with Gasteiger partial charge < -0.3 is 5.73 Å². The SMILES string of the molecule is NC(Cc1ccc(Cl)cc1F)c1ccc(Br)cc1. The van der Waals surface area contributed by atoms with E-state index in [0.29, 0.717) is 17.0 Å². The van der Waals surface area contributed by atoms with Crippen LogP contribution in [0.5, 0.6) is 0 Å². The summed E-state index contributed by atoms with van der Waals surface area (Å²) < 4.78 is 14.6. The van der Waals surface area contributed by atoms with Crippen molar-refractivity contribution in [1.82, 2.24) is 0 Å². The summed E-state index contributed by atoms with van der Waals surface area (Å²) in [6.45, 7) is 0. The van der Waals surface area contributed by atoms with E-state index in [1.807, 2.05) is 24.3 Å².